The van der Waals surface area contributed by atoms with E-state index in [1.807, 2.05) is 18.2 Å². The third-order valence-corrected chi connectivity index (χ3v) is 3.57. The van der Waals surface area contributed by atoms with Gasteiger partial charge in [0.15, 0.2) is 11.5 Å². The van der Waals surface area contributed by atoms with Gasteiger partial charge in [0.1, 0.15) is 12.4 Å². The smallest absolute Gasteiger partial charge is 0.164 e. The van der Waals surface area contributed by atoms with Gasteiger partial charge in [-0.1, -0.05) is 28.1 Å². The van der Waals surface area contributed by atoms with E-state index in [2.05, 4.69) is 15.9 Å². The van der Waals surface area contributed by atoms with Crippen LogP contribution in [0.25, 0.3) is 0 Å². The zero-order valence-corrected chi connectivity index (χ0v) is 13.3. The van der Waals surface area contributed by atoms with Crippen LogP contribution in [-0.2, 0) is 13.0 Å². The zero-order chi connectivity index (χ0) is 15.2. The van der Waals surface area contributed by atoms with E-state index in [1.165, 1.54) is 6.07 Å². The lowest BCUT2D eigenvalue weighted by Crippen LogP contribution is -2.07. The molecule has 0 aliphatic rings. The minimum absolute atomic E-state index is 0.128. The molecule has 0 aliphatic heterocycles. The van der Waals surface area contributed by atoms with Gasteiger partial charge < -0.3 is 15.2 Å². The Balaban J connectivity index is 2.24. The predicted molar refractivity (Wildman–Crippen MR) is 84.2 cm³/mol. The largest absolute Gasteiger partial charge is 0.493 e. The molecule has 0 fully saturated rings. The van der Waals surface area contributed by atoms with Crippen LogP contribution in [0.1, 0.15) is 11.1 Å². The minimum Gasteiger partial charge on any atom is -0.493 e. The summed E-state index contributed by atoms with van der Waals surface area (Å²) < 4.78 is 25.7. The molecule has 0 saturated heterocycles. The van der Waals surface area contributed by atoms with E-state index in [9.17, 15) is 4.39 Å². The zero-order valence-electron chi connectivity index (χ0n) is 11.7. The maximum Gasteiger partial charge on any atom is 0.164 e. The van der Waals surface area contributed by atoms with Gasteiger partial charge in [0.2, 0.25) is 0 Å². The van der Waals surface area contributed by atoms with Gasteiger partial charge in [-0.25, -0.2) is 4.39 Å². The predicted octanol–water partition coefficient (Wildman–Crippen LogP) is 3.68. The van der Waals surface area contributed by atoms with Crippen molar-refractivity contribution in [3.8, 4) is 11.5 Å². The lowest BCUT2D eigenvalue weighted by atomic mass is 10.1. The van der Waals surface area contributed by atoms with E-state index >= 15 is 0 Å². The Kier molecular flexibility index (Phi) is 5.59. The number of methoxy groups -OCH3 is 1. The summed E-state index contributed by atoms with van der Waals surface area (Å²) in [6.07, 6.45) is 0.674. The highest BCUT2D eigenvalue weighted by Gasteiger charge is 2.12. The van der Waals surface area contributed by atoms with Crippen molar-refractivity contribution in [3.05, 3.63) is 57.8 Å². The number of hydrogen-bond donors (Lipinski definition) is 1. The first-order valence-electron chi connectivity index (χ1n) is 6.58. The molecule has 0 spiro atoms. The number of ether oxygens (including phenoxy) is 2. The topological polar surface area (TPSA) is 44.5 Å². The van der Waals surface area contributed by atoms with Gasteiger partial charge >= 0.3 is 0 Å². The van der Waals surface area contributed by atoms with Crippen molar-refractivity contribution in [1.82, 2.24) is 0 Å². The van der Waals surface area contributed by atoms with Crippen molar-refractivity contribution >= 4 is 15.9 Å². The maximum atomic E-state index is 13.8. The van der Waals surface area contributed by atoms with Crippen LogP contribution in [0.15, 0.2) is 40.9 Å². The summed E-state index contributed by atoms with van der Waals surface area (Å²) in [5.41, 5.74) is 7.04. The average molecular weight is 354 g/mol. The number of nitrogens with two attached hydrogens (primary N) is 1. The highest BCUT2D eigenvalue weighted by molar-refractivity contribution is 9.10. The Morgan fingerprint density at radius 3 is 2.71 bits per heavy atom. The fourth-order valence-corrected chi connectivity index (χ4v) is 2.45. The maximum absolute atomic E-state index is 13.8. The molecule has 21 heavy (non-hydrogen) atoms. The summed E-state index contributed by atoms with van der Waals surface area (Å²) in [6, 6.07) is 10.4. The van der Waals surface area contributed by atoms with E-state index in [0.717, 1.165) is 10.0 Å². The summed E-state index contributed by atoms with van der Waals surface area (Å²) in [7, 11) is 1.58. The highest BCUT2D eigenvalue weighted by atomic mass is 79.9. The standard InChI is InChI=1S/C16H17BrFNO2/c1-20-15-4-2-3-11(7-8-19)16(15)21-10-12-9-13(17)5-6-14(12)18/h2-6,9H,7-8,10,19H2,1H3. The third kappa shape index (κ3) is 3.95. The van der Waals surface area contributed by atoms with Crippen LogP contribution in [-0.4, -0.2) is 13.7 Å². The Labute approximate surface area is 132 Å². The first-order valence-corrected chi connectivity index (χ1v) is 7.37. The van der Waals surface area contributed by atoms with E-state index in [4.69, 9.17) is 15.2 Å². The Bertz CT molecular complexity index is 619. The summed E-state index contributed by atoms with van der Waals surface area (Å²) in [5.74, 6) is 0.939. The van der Waals surface area contributed by atoms with Crippen LogP contribution >= 0.6 is 15.9 Å². The molecular weight excluding hydrogens is 337 g/mol. The molecule has 2 N–H and O–H groups in total. The lowest BCUT2D eigenvalue weighted by molar-refractivity contribution is 0.276. The highest BCUT2D eigenvalue weighted by Crippen LogP contribution is 2.32. The summed E-state index contributed by atoms with van der Waals surface area (Å²) in [5, 5.41) is 0. The second-order valence-electron chi connectivity index (χ2n) is 4.51. The molecule has 0 aliphatic carbocycles. The number of halogens is 2. The van der Waals surface area contributed by atoms with Gasteiger partial charge in [-0.3, -0.25) is 0 Å². The van der Waals surface area contributed by atoms with Crippen LogP contribution in [0.4, 0.5) is 4.39 Å². The molecule has 2 aromatic rings. The van der Waals surface area contributed by atoms with Crippen molar-refractivity contribution in [1.29, 1.82) is 0 Å². The van der Waals surface area contributed by atoms with Gasteiger partial charge in [0.05, 0.1) is 7.11 Å². The second-order valence-corrected chi connectivity index (χ2v) is 5.43. The minimum atomic E-state index is -0.298. The second kappa shape index (κ2) is 7.43. The fourth-order valence-electron chi connectivity index (χ4n) is 2.04. The molecule has 0 radical (unpaired) electrons. The van der Waals surface area contributed by atoms with Crippen molar-refractivity contribution in [2.45, 2.75) is 13.0 Å². The molecule has 112 valence electrons. The van der Waals surface area contributed by atoms with Gasteiger partial charge in [-0.2, -0.15) is 0 Å². The normalized spacial score (nSPS) is 10.5. The van der Waals surface area contributed by atoms with Gasteiger partial charge in [-0.05, 0) is 42.8 Å². The Hall–Kier alpha value is -1.59. The molecular formula is C16H17BrFNO2. The number of hydrogen-bond acceptors (Lipinski definition) is 3. The molecule has 0 atom stereocenters. The van der Waals surface area contributed by atoms with Crippen LogP contribution in [0.5, 0.6) is 11.5 Å². The van der Waals surface area contributed by atoms with E-state index < -0.39 is 0 Å². The van der Waals surface area contributed by atoms with E-state index in [1.54, 1.807) is 19.2 Å². The molecule has 0 bridgehead atoms. The lowest BCUT2D eigenvalue weighted by Gasteiger charge is -2.15. The first kappa shape index (κ1) is 15.8. The molecule has 0 amide bonds. The summed E-state index contributed by atoms with van der Waals surface area (Å²) in [4.78, 5) is 0. The molecule has 0 heterocycles. The van der Waals surface area contributed by atoms with Crippen molar-refractivity contribution in [3.63, 3.8) is 0 Å². The van der Waals surface area contributed by atoms with Gasteiger partial charge in [0.25, 0.3) is 0 Å². The summed E-state index contributed by atoms with van der Waals surface area (Å²) in [6.45, 7) is 0.637. The molecule has 0 aromatic heterocycles. The van der Waals surface area contributed by atoms with Crippen LogP contribution < -0.4 is 15.2 Å². The molecule has 2 rings (SSSR count). The quantitative estimate of drug-likeness (QED) is 0.861. The Morgan fingerprint density at radius 2 is 2.00 bits per heavy atom. The third-order valence-electron chi connectivity index (χ3n) is 3.07. The van der Waals surface area contributed by atoms with Gasteiger partial charge in [0, 0.05) is 10.0 Å². The van der Waals surface area contributed by atoms with Crippen molar-refractivity contribution in [2.24, 2.45) is 5.73 Å². The average Bonchev–Trinajstić information content (AvgIpc) is 2.49. The van der Waals surface area contributed by atoms with Crippen LogP contribution in [0.2, 0.25) is 0 Å². The molecule has 3 nitrogen and oxygen atoms in total. The van der Waals surface area contributed by atoms with Crippen molar-refractivity contribution < 1.29 is 13.9 Å². The molecule has 2 aromatic carbocycles. The first-order chi connectivity index (χ1) is 10.2. The Morgan fingerprint density at radius 1 is 1.19 bits per heavy atom. The summed E-state index contributed by atoms with van der Waals surface area (Å²) >= 11 is 3.33. The van der Waals surface area contributed by atoms with E-state index in [0.29, 0.717) is 30.0 Å². The van der Waals surface area contributed by atoms with Crippen LogP contribution in [0, 0.1) is 5.82 Å². The fraction of sp³-hybridized carbons (Fsp3) is 0.250. The number of rotatable bonds is 6. The van der Waals surface area contributed by atoms with Crippen LogP contribution in [0.3, 0.4) is 0 Å². The SMILES string of the molecule is COc1cccc(CCN)c1OCc1cc(Br)ccc1F. The molecule has 5 heteroatoms. The monoisotopic (exact) mass is 353 g/mol. The van der Waals surface area contributed by atoms with E-state index in [-0.39, 0.29) is 12.4 Å². The number of para-hydroxylation sites is 1. The van der Waals surface area contributed by atoms with Gasteiger partial charge in [-0.15, -0.1) is 0 Å². The molecule has 0 unspecified atom stereocenters. The van der Waals surface area contributed by atoms with Crippen molar-refractivity contribution in [2.75, 3.05) is 13.7 Å². The molecule has 0 saturated carbocycles. The number of benzene rings is 2.